The summed E-state index contributed by atoms with van der Waals surface area (Å²) >= 11 is 0. The molecule has 0 saturated carbocycles. The van der Waals surface area contributed by atoms with E-state index in [4.69, 9.17) is 5.73 Å². The van der Waals surface area contributed by atoms with Gasteiger partial charge in [0.05, 0.1) is 0 Å². The highest BCUT2D eigenvalue weighted by molar-refractivity contribution is 6.08. The molecule has 1 fully saturated rings. The van der Waals surface area contributed by atoms with E-state index in [9.17, 15) is 14.4 Å². The number of anilines is 1. The van der Waals surface area contributed by atoms with E-state index in [1.54, 1.807) is 13.8 Å². The molecule has 0 atom stereocenters. The van der Waals surface area contributed by atoms with E-state index in [0.29, 0.717) is 0 Å². The van der Waals surface area contributed by atoms with Crippen molar-refractivity contribution in [2.24, 2.45) is 0 Å². The first-order valence-electron chi connectivity index (χ1n) is 5.58. The molecule has 0 spiro atoms. The van der Waals surface area contributed by atoms with Crippen LogP contribution in [-0.2, 0) is 9.59 Å². The van der Waals surface area contributed by atoms with Gasteiger partial charge in [-0.3, -0.25) is 19.7 Å². The summed E-state index contributed by atoms with van der Waals surface area (Å²) in [4.78, 5) is 36.6. The van der Waals surface area contributed by atoms with Crippen LogP contribution in [0.15, 0.2) is 12.1 Å². The molecule has 2 rings (SSSR count). The second-order valence-electron chi connectivity index (χ2n) is 4.67. The van der Waals surface area contributed by atoms with Crippen molar-refractivity contribution in [3.05, 3.63) is 17.8 Å². The van der Waals surface area contributed by atoms with E-state index in [2.05, 4.69) is 15.5 Å². The number of rotatable bonds is 1. The van der Waals surface area contributed by atoms with Gasteiger partial charge in [0, 0.05) is 0 Å². The Morgan fingerprint density at radius 3 is 2.63 bits per heavy atom. The molecule has 0 unspecified atom stereocenters. The van der Waals surface area contributed by atoms with E-state index in [0.717, 1.165) is 4.90 Å². The number of piperazine rings is 1. The number of nitrogens with two attached hydrogens (primary N) is 1. The van der Waals surface area contributed by atoms with Crippen molar-refractivity contribution in [1.82, 2.24) is 20.4 Å². The van der Waals surface area contributed by atoms with Gasteiger partial charge < -0.3 is 10.6 Å². The molecule has 2 heterocycles. The maximum Gasteiger partial charge on any atom is 0.275 e. The van der Waals surface area contributed by atoms with Gasteiger partial charge in [-0.2, -0.15) is 0 Å². The van der Waals surface area contributed by atoms with Crippen LogP contribution in [0.4, 0.5) is 5.82 Å². The van der Waals surface area contributed by atoms with Crippen molar-refractivity contribution in [3.63, 3.8) is 0 Å². The molecule has 8 heteroatoms. The Balaban J connectivity index is 2.33. The molecule has 8 nitrogen and oxygen atoms in total. The van der Waals surface area contributed by atoms with Crippen LogP contribution in [0.3, 0.4) is 0 Å². The van der Waals surface area contributed by atoms with E-state index in [1.807, 2.05) is 0 Å². The Kier molecular flexibility index (Phi) is 2.93. The lowest BCUT2D eigenvalue weighted by Gasteiger charge is -2.39. The summed E-state index contributed by atoms with van der Waals surface area (Å²) < 4.78 is 0. The van der Waals surface area contributed by atoms with Gasteiger partial charge >= 0.3 is 0 Å². The van der Waals surface area contributed by atoms with E-state index >= 15 is 0 Å². The summed E-state index contributed by atoms with van der Waals surface area (Å²) in [5.41, 5.74) is 4.29. The lowest BCUT2D eigenvalue weighted by molar-refractivity contribution is -0.143. The lowest BCUT2D eigenvalue weighted by atomic mass is 9.98. The summed E-state index contributed by atoms with van der Waals surface area (Å²) in [6.45, 7) is 2.90. The van der Waals surface area contributed by atoms with Crippen LogP contribution in [0, 0.1) is 0 Å². The molecule has 1 aliphatic heterocycles. The summed E-state index contributed by atoms with van der Waals surface area (Å²) in [5.74, 6) is -1.41. The summed E-state index contributed by atoms with van der Waals surface area (Å²) in [6, 6.07) is 2.83. The SMILES string of the molecule is CC1(C)C(=O)NC(=O)CN1C(=O)c1ccc(N)nn1. The van der Waals surface area contributed by atoms with Crippen molar-refractivity contribution in [2.45, 2.75) is 19.4 Å². The van der Waals surface area contributed by atoms with E-state index in [-0.39, 0.29) is 18.1 Å². The smallest absolute Gasteiger partial charge is 0.275 e. The molecule has 0 radical (unpaired) electrons. The van der Waals surface area contributed by atoms with Crippen molar-refractivity contribution in [1.29, 1.82) is 0 Å². The Morgan fingerprint density at radius 1 is 1.37 bits per heavy atom. The molecular weight excluding hydrogens is 250 g/mol. The zero-order valence-electron chi connectivity index (χ0n) is 10.5. The normalized spacial score (nSPS) is 18.1. The van der Waals surface area contributed by atoms with Crippen molar-refractivity contribution >= 4 is 23.5 Å². The standard InChI is InChI=1S/C11H13N5O3/c1-11(2)10(19)13-8(17)5-16(11)9(18)6-3-4-7(12)15-14-6/h3-4H,5H2,1-2H3,(H2,12,15)(H,13,17,19). The number of nitrogens with zero attached hydrogens (tertiary/aromatic N) is 3. The Hall–Kier alpha value is -2.51. The van der Waals surface area contributed by atoms with E-state index in [1.165, 1.54) is 12.1 Å². The number of hydrogen-bond acceptors (Lipinski definition) is 6. The quantitative estimate of drug-likeness (QED) is 0.623. The average Bonchev–Trinajstić information content (AvgIpc) is 2.34. The van der Waals surface area contributed by atoms with Crippen LogP contribution in [0.1, 0.15) is 24.3 Å². The van der Waals surface area contributed by atoms with Crippen LogP contribution in [0.5, 0.6) is 0 Å². The van der Waals surface area contributed by atoms with Gasteiger partial charge in [-0.05, 0) is 26.0 Å². The Bertz CT molecular complexity index is 552. The minimum absolute atomic E-state index is 0.0322. The van der Waals surface area contributed by atoms with Crippen LogP contribution in [0.25, 0.3) is 0 Å². The lowest BCUT2D eigenvalue weighted by Crippen LogP contribution is -2.65. The predicted molar refractivity (Wildman–Crippen MR) is 64.7 cm³/mol. The number of amides is 3. The molecule has 0 bridgehead atoms. The first-order valence-corrected chi connectivity index (χ1v) is 5.58. The van der Waals surface area contributed by atoms with Crippen LogP contribution in [-0.4, -0.2) is 44.9 Å². The predicted octanol–water partition coefficient (Wildman–Crippen LogP) is -1.06. The molecule has 3 amide bonds. The fourth-order valence-corrected chi connectivity index (χ4v) is 1.70. The van der Waals surface area contributed by atoms with Crippen molar-refractivity contribution in [3.8, 4) is 0 Å². The Labute approximate surface area is 109 Å². The van der Waals surface area contributed by atoms with Gasteiger partial charge in [-0.15, -0.1) is 10.2 Å². The van der Waals surface area contributed by atoms with Crippen LogP contribution < -0.4 is 11.1 Å². The molecule has 1 aromatic rings. The van der Waals surface area contributed by atoms with Gasteiger partial charge in [0.15, 0.2) is 5.69 Å². The summed E-state index contributed by atoms with van der Waals surface area (Å²) in [6.07, 6.45) is 0. The second-order valence-corrected chi connectivity index (χ2v) is 4.67. The number of aromatic nitrogens is 2. The zero-order chi connectivity index (χ0) is 14.2. The highest BCUT2D eigenvalue weighted by Gasteiger charge is 2.44. The molecular formula is C11H13N5O3. The van der Waals surface area contributed by atoms with Gasteiger partial charge in [0.25, 0.3) is 11.8 Å². The Morgan fingerprint density at radius 2 is 2.05 bits per heavy atom. The zero-order valence-corrected chi connectivity index (χ0v) is 10.5. The second kappa shape index (κ2) is 4.30. The van der Waals surface area contributed by atoms with Crippen LogP contribution in [0.2, 0.25) is 0 Å². The minimum atomic E-state index is -1.13. The molecule has 3 N–H and O–H groups in total. The number of carbonyl (C=O) groups is 3. The molecule has 100 valence electrons. The fraction of sp³-hybridized carbons (Fsp3) is 0.364. The molecule has 1 aromatic heterocycles. The third-order valence-corrected chi connectivity index (χ3v) is 2.93. The molecule has 1 saturated heterocycles. The highest BCUT2D eigenvalue weighted by atomic mass is 16.2. The maximum absolute atomic E-state index is 12.3. The van der Waals surface area contributed by atoms with Gasteiger partial charge in [-0.25, -0.2) is 0 Å². The highest BCUT2D eigenvalue weighted by Crippen LogP contribution is 2.20. The molecule has 19 heavy (non-hydrogen) atoms. The number of nitrogens with one attached hydrogen (secondary N) is 1. The third-order valence-electron chi connectivity index (χ3n) is 2.93. The molecule has 1 aliphatic rings. The number of imide groups is 1. The van der Waals surface area contributed by atoms with Crippen molar-refractivity contribution in [2.75, 3.05) is 12.3 Å². The number of carbonyl (C=O) groups excluding carboxylic acids is 3. The van der Waals surface area contributed by atoms with Crippen molar-refractivity contribution < 1.29 is 14.4 Å². The topological polar surface area (TPSA) is 118 Å². The number of hydrogen-bond donors (Lipinski definition) is 2. The molecule has 0 aromatic carbocycles. The average molecular weight is 263 g/mol. The third kappa shape index (κ3) is 2.24. The fourth-order valence-electron chi connectivity index (χ4n) is 1.70. The maximum atomic E-state index is 12.3. The van der Waals surface area contributed by atoms with E-state index < -0.39 is 23.3 Å². The first-order chi connectivity index (χ1) is 8.82. The minimum Gasteiger partial charge on any atom is -0.382 e. The largest absolute Gasteiger partial charge is 0.382 e. The monoisotopic (exact) mass is 263 g/mol. The number of nitrogen functional groups attached to an aromatic ring is 1. The summed E-state index contributed by atoms with van der Waals surface area (Å²) in [7, 11) is 0. The molecule has 0 aliphatic carbocycles. The van der Waals surface area contributed by atoms with Crippen LogP contribution >= 0.6 is 0 Å². The van der Waals surface area contributed by atoms with Gasteiger partial charge in [0.1, 0.15) is 17.9 Å². The summed E-state index contributed by atoms with van der Waals surface area (Å²) in [5, 5.41) is 9.42. The first kappa shape index (κ1) is 12.9. The van der Waals surface area contributed by atoms with Gasteiger partial charge in [-0.1, -0.05) is 0 Å². The van der Waals surface area contributed by atoms with Gasteiger partial charge in [0.2, 0.25) is 5.91 Å².